The fourth-order valence-corrected chi connectivity index (χ4v) is 1.64. The van der Waals surface area contributed by atoms with E-state index in [0.29, 0.717) is 16.4 Å². The van der Waals surface area contributed by atoms with Crippen molar-refractivity contribution in [1.29, 1.82) is 0 Å². The Morgan fingerprint density at radius 2 is 2.05 bits per heavy atom. The van der Waals surface area contributed by atoms with E-state index in [1.807, 2.05) is 0 Å². The number of nitrogens with two attached hydrogens (primary N) is 1. The summed E-state index contributed by atoms with van der Waals surface area (Å²) in [5.41, 5.74) is 6.47. The van der Waals surface area contributed by atoms with Crippen LogP contribution in [0.4, 0.5) is 15.8 Å². The SMILES string of the molecule is Nc1cc(NC(=O)COc2ccccc2F)ccc1Cl. The molecular weight excluding hydrogens is 283 g/mol. The highest BCUT2D eigenvalue weighted by molar-refractivity contribution is 6.33. The maximum absolute atomic E-state index is 13.3. The van der Waals surface area contributed by atoms with Gasteiger partial charge in [-0.05, 0) is 30.3 Å². The minimum atomic E-state index is -0.518. The molecule has 1 amide bonds. The van der Waals surface area contributed by atoms with Crippen LogP contribution in [0.25, 0.3) is 0 Å². The fourth-order valence-electron chi connectivity index (χ4n) is 1.52. The highest BCUT2D eigenvalue weighted by atomic mass is 35.5. The predicted molar refractivity (Wildman–Crippen MR) is 76.4 cm³/mol. The number of benzene rings is 2. The molecule has 2 aromatic rings. The highest BCUT2D eigenvalue weighted by Gasteiger charge is 2.07. The van der Waals surface area contributed by atoms with Crippen molar-refractivity contribution in [2.75, 3.05) is 17.7 Å². The van der Waals surface area contributed by atoms with Crippen LogP contribution in [-0.2, 0) is 4.79 Å². The van der Waals surface area contributed by atoms with Crippen molar-refractivity contribution in [2.45, 2.75) is 0 Å². The van der Waals surface area contributed by atoms with Gasteiger partial charge in [0.1, 0.15) is 0 Å². The molecule has 0 radical (unpaired) electrons. The van der Waals surface area contributed by atoms with Crippen molar-refractivity contribution in [3.63, 3.8) is 0 Å². The van der Waals surface area contributed by atoms with E-state index in [2.05, 4.69) is 5.32 Å². The van der Waals surface area contributed by atoms with E-state index in [-0.39, 0.29) is 12.4 Å². The second-order valence-corrected chi connectivity index (χ2v) is 4.41. The molecule has 104 valence electrons. The molecule has 2 rings (SSSR count). The number of carbonyl (C=O) groups excluding carboxylic acids is 1. The Bertz CT molecular complexity index is 634. The first-order valence-electron chi connectivity index (χ1n) is 5.78. The maximum Gasteiger partial charge on any atom is 0.262 e. The number of amides is 1. The summed E-state index contributed by atoms with van der Waals surface area (Å²) >= 11 is 5.77. The van der Waals surface area contributed by atoms with E-state index < -0.39 is 11.7 Å². The molecule has 0 fully saturated rings. The second kappa shape index (κ2) is 6.25. The molecule has 0 aromatic heterocycles. The zero-order valence-electron chi connectivity index (χ0n) is 10.4. The summed E-state index contributed by atoms with van der Waals surface area (Å²) in [6.45, 7) is -0.302. The minimum Gasteiger partial charge on any atom is -0.481 e. The van der Waals surface area contributed by atoms with Gasteiger partial charge in [0.25, 0.3) is 5.91 Å². The van der Waals surface area contributed by atoms with Gasteiger partial charge in [0.05, 0.1) is 10.7 Å². The van der Waals surface area contributed by atoms with Crippen molar-refractivity contribution >= 4 is 28.9 Å². The van der Waals surface area contributed by atoms with Crippen LogP contribution in [0.1, 0.15) is 0 Å². The predicted octanol–water partition coefficient (Wildman–Crippen LogP) is 3.08. The van der Waals surface area contributed by atoms with Gasteiger partial charge in [0.2, 0.25) is 0 Å². The van der Waals surface area contributed by atoms with Gasteiger partial charge in [-0.3, -0.25) is 4.79 Å². The summed E-state index contributed by atoms with van der Waals surface area (Å²) in [4.78, 5) is 11.7. The maximum atomic E-state index is 13.3. The third-order valence-corrected chi connectivity index (χ3v) is 2.82. The zero-order valence-corrected chi connectivity index (χ0v) is 11.2. The van der Waals surface area contributed by atoms with Crippen LogP contribution in [0.5, 0.6) is 5.75 Å². The Morgan fingerprint density at radius 3 is 2.75 bits per heavy atom. The van der Waals surface area contributed by atoms with Crippen LogP contribution in [0, 0.1) is 5.82 Å². The number of para-hydroxylation sites is 1. The minimum absolute atomic E-state index is 0.0262. The molecular formula is C14H12ClFN2O2. The second-order valence-electron chi connectivity index (χ2n) is 4.00. The summed E-state index contributed by atoms with van der Waals surface area (Å²) in [5.74, 6) is -0.913. The number of anilines is 2. The van der Waals surface area contributed by atoms with Gasteiger partial charge in [-0.25, -0.2) is 4.39 Å². The summed E-state index contributed by atoms with van der Waals surface area (Å²) in [5, 5.41) is 2.98. The van der Waals surface area contributed by atoms with E-state index in [0.717, 1.165) is 0 Å². The number of nitrogen functional groups attached to an aromatic ring is 1. The smallest absolute Gasteiger partial charge is 0.262 e. The molecule has 0 aliphatic rings. The van der Waals surface area contributed by atoms with Crippen molar-refractivity contribution < 1.29 is 13.9 Å². The van der Waals surface area contributed by atoms with E-state index >= 15 is 0 Å². The topological polar surface area (TPSA) is 64.3 Å². The normalized spacial score (nSPS) is 10.1. The van der Waals surface area contributed by atoms with Crippen LogP contribution in [-0.4, -0.2) is 12.5 Å². The fraction of sp³-hybridized carbons (Fsp3) is 0.0714. The van der Waals surface area contributed by atoms with Crippen LogP contribution in [0.3, 0.4) is 0 Å². The lowest BCUT2D eigenvalue weighted by atomic mass is 10.3. The summed E-state index contributed by atoms with van der Waals surface area (Å²) < 4.78 is 18.4. The van der Waals surface area contributed by atoms with Crippen molar-refractivity contribution in [3.05, 3.63) is 53.3 Å². The van der Waals surface area contributed by atoms with E-state index in [9.17, 15) is 9.18 Å². The number of carbonyl (C=O) groups is 1. The van der Waals surface area contributed by atoms with E-state index in [4.69, 9.17) is 22.1 Å². The highest BCUT2D eigenvalue weighted by Crippen LogP contribution is 2.22. The molecule has 0 atom stereocenters. The molecule has 4 nitrogen and oxygen atoms in total. The van der Waals surface area contributed by atoms with E-state index in [1.54, 1.807) is 24.3 Å². The average Bonchev–Trinajstić information content (AvgIpc) is 2.42. The molecule has 0 aliphatic carbocycles. The van der Waals surface area contributed by atoms with Crippen LogP contribution >= 0.6 is 11.6 Å². The number of hydrogen-bond acceptors (Lipinski definition) is 3. The molecule has 0 heterocycles. The van der Waals surface area contributed by atoms with Gasteiger partial charge in [0.15, 0.2) is 18.2 Å². The molecule has 0 unspecified atom stereocenters. The largest absolute Gasteiger partial charge is 0.481 e. The van der Waals surface area contributed by atoms with Crippen molar-refractivity contribution in [2.24, 2.45) is 0 Å². The first kappa shape index (κ1) is 14.1. The molecule has 3 N–H and O–H groups in total. The Labute approximate surface area is 120 Å². The quantitative estimate of drug-likeness (QED) is 0.852. The zero-order chi connectivity index (χ0) is 14.5. The van der Waals surface area contributed by atoms with Crippen LogP contribution < -0.4 is 15.8 Å². The lowest BCUT2D eigenvalue weighted by Gasteiger charge is -2.09. The Morgan fingerprint density at radius 1 is 1.30 bits per heavy atom. The van der Waals surface area contributed by atoms with Crippen molar-refractivity contribution in [1.82, 2.24) is 0 Å². The summed E-state index contributed by atoms with van der Waals surface area (Å²) in [6.07, 6.45) is 0. The third-order valence-electron chi connectivity index (χ3n) is 2.48. The third kappa shape index (κ3) is 3.61. The standard InChI is InChI=1S/C14H12ClFN2O2/c15-10-6-5-9(7-12(10)17)18-14(19)8-20-13-4-2-1-3-11(13)16/h1-7H,8,17H2,(H,18,19). The monoisotopic (exact) mass is 294 g/mol. The van der Waals surface area contributed by atoms with Gasteiger partial charge < -0.3 is 15.8 Å². The molecule has 0 spiro atoms. The van der Waals surface area contributed by atoms with E-state index in [1.165, 1.54) is 18.2 Å². The first-order chi connectivity index (χ1) is 9.56. The molecule has 0 aliphatic heterocycles. The molecule has 6 heteroatoms. The van der Waals surface area contributed by atoms with Gasteiger partial charge in [-0.2, -0.15) is 0 Å². The Kier molecular flexibility index (Phi) is 4.42. The van der Waals surface area contributed by atoms with Gasteiger partial charge >= 0.3 is 0 Å². The molecule has 0 saturated carbocycles. The first-order valence-corrected chi connectivity index (χ1v) is 6.16. The summed E-state index contributed by atoms with van der Waals surface area (Å²) in [7, 11) is 0. The van der Waals surface area contributed by atoms with Crippen molar-refractivity contribution in [3.8, 4) is 5.75 Å². The molecule has 2 aromatic carbocycles. The number of ether oxygens (including phenoxy) is 1. The lowest BCUT2D eigenvalue weighted by Crippen LogP contribution is -2.20. The van der Waals surface area contributed by atoms with Gasteiger partial charge in [-0.15, -0.1) is 0 Å². The van der Waals surface area contributed by atoms with Crippen LogP contribution in [0.15, 0.2) is 42.5 Å². The molecule has 0 bridgehead atoms. The lowest BCUT2D eigenvalue weighted by molar-refractivity contribution is -0.118. The number of halogens is 2. The molecule has 0 saturated heterocycles. The average molecular weight is 295 g/mol. The number of nitrogens with one attached hydrogen (secondary N) is 1. The Balaban J connectivity index is 1.93. The van der Waals surface area contributed by atoms with Crippen LogP contribution in [0.2, 0.25) is 5.02 Å². The molecule has 20 heavy (non-hydrogen) atoms. The number of hydrogen-bond donors (Lipinski definition) is 2. The summed E-state index contributed by atoms with van der Waals surface area (Å²) in [6, 6.07) is 10.6. The van der Waals surface area contributed by atoms with Gasteiger partial charge in [-0.1, -0.05) is 23.7 Å². The number of rotatable bonds is 4. The van der Waals surface area contributed by atoms with Gasteiger partial charge in [0, 0.05) is 5.69 Å². The Hall–Kier alpha value is -2.27.